The summed E-state index contributed by atoms with van der Waals surface area (Å²) < 4.78 is 5.37. The molecule has 0 spiro atoms. The van der Waals surface area contributed by atoms with Crippen LogP contribution in [0.3, 0.4) is 0 Å². The summed E-state index contributed by atoms with van der Waals surface area (Å²) in [4.78, 5) is 11.9. The van der Waals surface area contributed by atoms with E-state index in [9.17, 15) is 4.79 Å². The van der Waals surface area contributed by atoms with E-state index < -0.39 is 0 Å². The van der Waals surface area contributed by atoms with Crippen LogP contribution in [0.5, 0.6) is 0 Å². The van der Waals surface area contributed by atoms with Gasteiger partial charge in [0.05, 0.1) is 0 Å². The van der Waals surface area contributed by atoms with Crippen LogP contribution < -0.4 is 5.63 Å². The van der Waals surface area contributed by atoms with E-state index in [0.717, 1.165) is 16.7 Å². The quantitative estimate of drug-likeness (QED) is 0.764. The van der Waals surface area contributed by atoms with Crippen LogP contribution in [0.1, 0.15) is 37.7 Å². The molecule has 0 N–H and O–H groups in total. The van der Waals surface area contributed by atoms with Crippen LogP contribution in [0.4, 0.5) is 0 Å². The van der Waals surface area contributed by atoms with Crippen LogP contribution in [0, 0.1) is 13.8 Å². The van der Waals surface area contributed by atoms with Crippen molar-refractivity contribution in [2.75, 3.05) is 0 Å². The van der Waals surface area contributed by atoms with Crippen LogP contribution >= 0.6 is 0 Å². The van der Waals surface area contributed by atoms with E-state index in [2.05, 4.69) is 20.8 Å². The van der Waals surface area contributed by atoms with Gasteiger partial charge in [0.2, 0.25) is 0 Å². The maximum atomic E-state index is 11.9. The van der Waals surface area contributed by atoms with Crippen molar-refractivity contribution in [2.24, 2.45) is 0 Å². The third-order valence-corrected chi connectivity index (χ3v) is 3.34. The Kier molecular flexibility index (Phi) is 3.36. The summed E-state index contributed by atoms with van der Waals surface area (Å²) in [5, 5.41) is 0. The summed E-state index contributed by atoms with van der Waals surface area (Å²) in [6.45, 7) is 10.1. The zero-order chi connectivity index (χ0) is 14.2. The zero-order valence-electron chi connectivity index (χ0n) is 12.2. The minimum Gasteiger partial charge on any atom is -0.428 e. The van der Waals surface area contributed by atoms with Crippen molar-refractivity contribution in [3.8, 4) is 11.1 Å². The van der Waals surface area contributed by atoms with E-state index in [4.69, 9.17) is 4.42 Å². The van der Waals surface area contributed by atoms with Gasteiger partial charge < -0.3 is 4.42 Å². The molecule has 2 rings (SSSR count). The molecular weight excluding hydrogens is 236 g/mol. The van der Waals surface area contributed by atoms with E-state index in [1.165, 1.54) is 0 Å². The van der Waals surface area contributed by atoms with Crippen molar-refractivity contribution in [2.45, 2.75) is 40.0 Å². The molecule has 19 heavy (non-hydrogen) atoms. The smallest absolute Gasteiger partial charge is 0.339 e. The molecule has 0 aliphatic carbocycles. The maximum Gasteiger partial charge on any atom is 0.339 e. The molecule has 0 aliphatic rings. The maximum absolute atomic E-state index is 11.9. The normalized spacial score (nSPS) is 11.6. The Balaban J connectivity index is 2.89. The molecule has 2 aromatic rings. The molecule has 0 bridgehead atoms. The lowest BCUT2D eigenvalue weighted by molar-refractivity contribution is 0.446. The second-order valence-corrected chi connectivity index (χ2v) is 5.94. The molecule has 0 unspecified atom stereocenters. The molecule has 100 valence electrons. The van der Waals surface area contributed by atoms with Crippen molar-refractivity contribution >= 4 is 0 Å². The first-order valence-electron chi connectivity index (χ1n) is 6.52. The van der Waals surface area contributed by atoms with Gasteiger partial charge in [0.1, 0.15) is 5.76 Å². The third-order valence-electron chi connectivity index (χ3n) is 3.34. The minimum absolute atomic E-state index is 0.0722. The number of hydrogen-bond acceptors (Lipinski definition) is 2. The second-order valence-electron chi connectivity index (χ2n) is 5.94. The molecule has 0 atom stereocenters. The zero-order valence-corrected chi connectivity index (χ0v) is 12.2. The van der Waals surface area contributed by atoms with Gasteiger partial charge in [0.15, 0.2) is 0 Å². The summed E-state index contributed by atoms with van der Waals surface area (Å²) in [7, 11) is 0. The van der Waals surface area contributed by atoms with Crippen LogP contribution in [-0.4, -0.2) is 0 Å². The van der Waals surface area contributed by atoms with Crippen LogP contribution in [0.15, 0.2) is 39.5 Å². The lowest BCUT2D eigenvalue weighted by Crippen LogP contribution is -2.19. The number of benzene rings is 1. The molecule has 0 fully saturated rings. The topological polar surface area (TPSA) is 30.2 Å². The predicted molar refractivity (Wildman–Crippen MR) is 78.6 cm³/mol. The van der Waals surface area contributed by atoms with Gasteiger partial charge in [-0.1, -0.05) is 51.1 Å². The molecule has 0 saturated carbocycles. The Labute approximate surface area is 114 Å². The molecule has 1 aromatic heterocycles. The molecule has 0 radical (unpaired) electrons. The number of rotatable bonds is 1. The Morgan fingerprint density at radius 3 is 2.11 bits per heavy atom. The van der Waals surface area contributed by atoms with Gasteiger partial charge in [-0.05, 0) is 30.4 Å². The van der Waals surface area contributed by atoms with Gasteiger partial charge in [-0.25, -0.2) is 4.79 Å². The number of aryl methyl sites for hydroxylation is 1. The van der Waals surface area contributed by atoms with Gasteiger partial charge in [-0.15, -0.1) is 0 Å². The van der Waals surface area contributed by atoms with E-state index in [-0.39, 0.29) is 11.0 Å². The first kappa shape index (κ1) is 13.6. The fourth-order valence-corrected chi connectivity index (χ4v) is 2.60. The van der Waals surface area contributed by atoms with E-state index in [1.54, 1.807) is 0 Å². The average Bonchev–Trinajstić information content (AvgIpc) is 2.33. The Morgan fingerprint density at radius 1 is 1.00 bits per heavy atom. The van der Waals surface area contributed by atoms with Gasteiger partial charge in [-0.3, -0.25) is 0 Å². The molecule has 0 saturated heterocycles. The molecule has 1 aromatic carbocycles. The van der Waals surface area contributed by atoms with Crippen molar-refractivity contribution in [3.05, 3.63) is 57.6 Å². The highest BCUT2D eigenvalue weighted by Gasteiger charge is 2.25. The fraction of sp³-hybridized carbons (Fsp3) is 0.353. The van der Waals surface area contributed by atoms with Gasteiger partial charge in [0, 0.05) is 11.1 Å². The number of hydrogen-bond donors (Lipinski definition) is 0. The summed E-state index contributed by atoms with van der Waals surface area (Å²) in [6.07, 6.45) is 0. The van der Waals surface area contributed by atoms with Gasteiger partial charge in [-0.2, -0.15) is 0 Å². The predicted octanol–water partition coefficient (Wildman–Crippen LogP) is 4.22. The van der Waals surface area contributed by atoms with Crippen molar-refractivity contribution in [3.63, 3.8) is 0 Å². The molecular formula is C17H20O2. The Hall–Kier alpha value is -1.83. The van der Waals surface area contributed by atoms with Crippen LogP contribution in [0.2, 0.25) is 0 Å². The van der Waals surface area contributed by atoms with Crippen LogP contribution in [-0.2, 0) is 5.41 Å². The fourth-order valence-electron chi connectivity index (χ4n) is 2.60. The highest BCUT2D eigenvalue weighted by molar-refractivity contribution is 5.72. The monoisotopic (exact) mass is 256 g/mol. The van der Waals surface area contributed by atoms with Crippen LogP contribution in [0.25, 0.3) is 11.1 Å². The van der Waals surface area contributed by atoms with Gasteiger partial charge >= 0.3 is 5.63 Å². The summed E-state index contributed by atoms with van der Waals surface area (Å²) >= 11 is 0. The van der Waals surface area contributed by atoms with Crippen molar-refractivity contribution in [1.29, 1.82) is 0 Å². The lowest BCUT2D eigenvalue weighted by atomic mass is 9.80. The van der Waals surface area contributed by atoms with E-state index >= 15 is 0 Å². The van der Waals surface area contributed by atoms with E-state index in [1.807, 2.05) is 44.2 Å². The minimum atomic E-state index is -0.246. The van der Waals surface area contributed by atoms with Crippen molar-refractivity contribution in [1.82, 2.24) is 0 Å². The van der Waals surface area contributed by atoms with E-state index in [0.29, 0.717) is 11.3 Å². The SMILES string of the molecule is Cc1oc(=O)c(C)c(-c2ccccc2)c1C(C)(C)C. The summed E-state index contributed by atoms with van der Waals surface area (Å²) in [6, 6.07) is 10.0. The van der Waals surface area contributed by atoms with Crippen molar-refractivity contribution < 1.29 is 4.42 Å². The average molecular weight is 256 g/mol. The highest BCUT2D eigenvalue weighted by Crippen LogP contribution is 2.36. The standard InChI is InChI=1S/C17H20O2/c1-11-14(13-9-7-6-8-10-13)15(17(3,4)5)12(2)19-16(11)18/h6-10H,1-5H3. The third kappa shape index (κ3) is 2.48. The first-order chi connectivity index (χ1) is 8.82. The molecule has 2 nitrogen and oxygen atoms in total. The molecule has 2 heteroatoms. The largest absolute Gasteiger partial charge is 0.428 e. The highest BCUT2D eigenvalue weighted by atomic mass is 16.4. The molecule has 0 amide bonds. The Morgan fingerprint density at radius 2 is 1.58 bits per heavy atom. The molecule has 1 heterocycles. The Bertz CT molecular complexity index is 643. The molecule has 0 aliphatic heterocycles. The summed E-state index contributed by atoms with van der Waals surface area (Å²) in [5.41, 5.74) is 3.56. The lowest BCUT2D eigenvalue weighted by Gasteiger charge is -2.25. The second kappa shape index (κ2) is 4.69. The first-order valence-corrected chi connectivity index (χ1v) is 6.52. The van der Waals surface area contributed by atoms with Gasteiger partial charge in [0.25, 0.3) is 0 Å². The summed E-state index contributed by atoms with van der Waals surface area (Å²) in [5.74, 6) is 0.710.